The average Bonchev–Trinajstić information content (AvgIpc) is 3.17. The van der Waals surface area contributed by atoms with Crippen LogP contribution in [0.3, 0.4) is 0 Å². The van der Waals surface area contributed by atoms with Crippen LogP contribution in [0.5, 0.6) is 0 Å². The fraction of sp³-hybridized carbons (Fsp3) is 0.714. The van der Waals surface area contributed by atoms with E-state index in [1.54, 1.807) is 24.3 Å². The Morgan fingerprint density at radius 3 is 2.43 bits per heavy atom. The van der Waals surface area contributed by atoms with Crippen molar-refractivity contribution < 1.29 is 19.1 Å². The predicted molar refractivity (Wildman–Crippen MR) is 141 cm³/mol. The Bertz CT molecular complexity index is 945. The van der Waals surface area contributed by atoms with Crippen molar-refractivity contribution in [2.75, 3.05) is 46.3 Å². The minimum absolute atomic E-state index is 0.00632. The number of ether oxygens (including phenoxy) is 1. The van der Waals surface area contributed by atoms with E-state index in [0.29, 0.717) is 12.0 Å². The Morgan fingerprint density at radius 2 is 1.81 bits per heavy atom. The summed E-state index contributed by atoms with van der Waals surface area (Å²) in [6, 6.07) is 3.51. The van der Waals surface area contributed by atoms with Gasteiger partial charge in [-0.3, -0.25) is 14.6 Å². The van der Waals surface area contributed by atoms with Gasteiger partial charge in [-0.25, -0.2) is 4.79 Å². The minimum atomic E-state index is -0.455. The first-order valence-corrected chi connectivity index (χ1v) is 13.7. The molecule has 1 aromatic heterocycles. The summed E-state index contributed by atoms with van der Waals surface area (Å²) in [5, 5.41) is 3.08. The molecule has 204 valence electrons. The molecule has 4 rings (SSSR count). The molecule has 0 radical (unpaired) electrons. The number of nitrogens with zero attached hydrogens (tertiary/aromatic N) is 4. The zero-order valence-electron chi connectivity index (χ0n) is 22.9. The van der Waals surface area contributed by atoms with E-state index in [1.807, 2.05) is 37.8 Å². The van der Waals surface area contributed by atoms with Crippen LogP contribution >= 0.6 is 0 Å². The maximum Gasteiger partial charge on any atom is 0.410 e. The first-order chi connectivity index (χ1) is 17.6. The normalized spacial score (nSPS) is 24.4. The minimum Gasteiger partial charge on any atom is -0.444 e. The van der Waals surface area contributed by atoms with Crippen molar-refractivity contribution in [1.82, 2.24) is 25.0 Å². The summed E-state index contributed by atoms with van der Waals surface area (Å²) in [4.78, 5) is 47.9. The van der Waals surface area contributed by atoms with E-state index in [-0.39, 0.29) is 36.3 Å². The van der Waals surface area contributed by atoms with Gasteiger partial charge in [0.25, 0.3) is 0 Å². The molecule has 3 saturated heterocycles. The van der Waals surface area contributed by atoms with Crippen LogP contribution in [0.2, 0.25) is 0 Å². The first-order valence-electron chi connectivity index (χ1n) is 13.7. The number of carbonyl (C=O) groups is 3. The van der Waals surface area contributed by atoms with Crippen LogP contribution in [-0.2, 0) is 14.3 Å². The fourth-order valence-electron chi connectivity index (χ4n) is 6.00. The Kier molecular flexibility index (Phi) is 8.41. The molecule has 0 aromatic carbocycles. The van der Waals surface area contributed by atoms with E-state index < -0.39 is 5.60 Å². The van der Waals surface area contributed by atoms with Crippen molar-refractivity contribution in [2.24, 2.45) is 11.3 Å². The fourth-order valence-corrected chi connectivity index (χ4v) is 6.00. The lowest BCUT2D eigenvalue weighted by Crippen LogP contribution is -2.49. The highest BCUT2D eigenvalue weighted by Gasteiger charge is 2.43. The first kappa shape index (κ1) is 27.4. The highest BCUT2D eigenvalue weighted by Crippen LogP contribution is 2.41. The van der Waals surface area contributed by atoms with Gasteiger partial charge in [-0.05, 0) is 89.6 Å². The van der Waals surface area contributed by atoms with Crippen LogP contribution in [0.4, 0.5) is 4.79 Å². The molecule has 0 bridgehead atoms. The Labute approximate surface area is 220 Å². The molecule has 3 fully saturated rings. The van der Waals surface area contributed by atoms with Crippen LogP contribution in [0.1, 0.15) is 70.9 Å². The highest BCUT2D eigenvalue weighted by atomic mass is 16.6. The van der Waals surface area contributed by atoms with E-state index in [0.717, 1.165) is 70.4 Å². The maximum absolute atomic E-state index is 13.0. The number of pyridine rings is 1. The number of nitrogens with one attached hydrogen (secondary N) is 1. The van der Waals surface area contributed by atoms with Crippen molar-refractivity contribution >= 4 is 17.9 Å². The van der Waals surface area contributed by atoms with Gasteiger partial charge in [0.2, 0.25) is 11.8 Å². The van der Waals surface area contributed by atoms with Gasteiger partial charge in [0.1, 0.15) is 5.60 Å². The van der Waals surface area contributed by atoms with Crippen LogP contribution in [0.15, 0.2) is 24.5 Å². The summed E-state index contributed by atoms with van der Waals surface area (Å²) in [6.45, 7) is 11.0. The summed E-state index contributed by atoms with van der Waals surface area (Å²) in [5.74, 6) is -0.447. The summed E-state index contributed by atoms with van der Waals surface area (Å²) >= 11 is 0. The Morgan fingerprint density at radius 1 is 1.14 bits per heavy atom. The molecule has 2 atom stereocenters. The molecule has 0 aliphatic carbocycles. The second-order valence-electron chi connectivity index (χ2n) is 12.0. The molecule has 1 spiro atoms. The average molecular weight is 514 g/mol. The van der Waals surface area contributed by atoms with Crippen LogP contribution < -0.4 is 5.32 Å². The molecule has 0 unspecified atom stereocenters. The van der Waals surface area contributed by atoms with Crippen LogP contribution in [0, 0.1) is 11.3 Å². The largest absolute Gasteiger partial charge is 0.444 e. The number of hydrogen-bond acceptors (Lipinski definition) is 6. The van der Waals surface area contributed by atoms with Crippen LogP contribution in [0.25, 0.3) is 0 Å². The SMILES string of the molecule is CN1C(=O)C[C@H](C(=O)NCCCN2CCC3(CC2)CCN(C(=O)OC(C)(C)C)CC3)[C@H]1c1cccnc1. The zero-order chi connectivity index (χ0) is 26.6. The van der Waals surface area contributed by atoms with E-state index in [2.05, 4.69) is 15.2 Å². The number of likely N-dealkylation sites (tertiary alicyclic amines) is 3. The monoisotopic (exact) mass is 513 g/mol. The molecule has 9 heteroatoms. The lowest BCUT2D eigenvalue weighted by molar-refractivity contribution is -0.128. The third kappa shape index (κ3) is 6.80. The van der Waals surface area contributed by atoms with Gasteiger partial charge in [0, 0.05) is 45.5 Å². The van der Waals surface area contributed by atoms with Crippen molar-refractivity contribution in [3.63, 3.8) is 0 Å². The molecule has 37 heavy (non-hydrogen) atoms. The molecule has 0 saturated carbocycles. The summed E-state index contributed by atoms with van der Waals surface area (Å²) in [5.41, 5.74) is 0.782. The quantitative estimate of drug-likeness (QED) is 0.587. The molecule has 3 aliphatic heterocycles. The molecule has 1 aromatic rings. The predicted octanol–water partition coefficient (Wildman–Crippen LogP) is 3.22. The number of amides is 3. The standard InChI is InChI=1S/C28H43N5O4/c1-27(2,3)37-26(36)33-17-10-28(11-18-33)8-15-32(16-9-28)14-6-13-30-25(35)22-19-23(34)31(4)24(22)21-7-5-12-29-20-21/h5,7,12,20,22,24H,6,8-11,13-19H2,1-4H3,(H,30,35)/t22-,24+/m0/s1. The molecule has 3 amide bonds. The zero-order valence-corrected chi connectivity index (χ0v) is 22.9. The molecular weight excluding hydrogens is 470 g/mol. The van der Waals surface area contributed by atoms with Gasteiger partial charge in [0.15, 0.2) is 0 Å². The lowest BCUT2D eigenvalue weighted by atomic mass is 9.71. The smallest absolute Gasteiger partial charge is 0.410 e. The topological polar surface area (TPSA) is 95.1 Å². The van der Waals surface area contributed by atoms with Gasteiger partial charge < -0.3 is 24.8 Å². The molecule has 9 nitrogen and oxygen atoms in total. The van der Waals surface area contributed by atoms with Gasteiger partial charge in [0.05, 0.1) is 12.0 Å². The molecule has 3 aliphatic rings. The van der Waals surface area contributed by atoms with Crippen molar-refractivity contribution in [3.8, 4) is 0 Å². The van der Waals surface area contributed by atoms with Crippen molar-refractivity contribution in [3.05, 3.63) is 30.1 Å². The number of carbonyl (C=O) groups excluding carboxylic acids is 3. The number of aromatic nitrogens is 1. The Hall–Kier alpha value is -2.68. The van der Waals surface area contributed by atoms with Crippen LogP contribution in [-0.4, -0.2) is 89.5 Å². The second kappa shape index (κ2) is 11.4. The summed E-state index contributed by atoms with van der Waals surface area (Å²) in [6.07, 6.45) is 8.78. The number of rotatable bonds is 6. The summed E-state index contributed by atoms with van der Waals surface area (Å²) < 4.78 is 5.54. The van der Waals surface area contributed by atoms with Crippen molar-refractivity contribution in [1.29, 1.82) is 0 Å². The third-order valence-electron chi connectivity index (χ3n) is 8.29. The van der Waals surface area contributed by atoms with Gasteiger partial charge in [-0.15, -0.1) is 0 Å². The van der Waals surface area contributed by atoms with Gasteiger partial charge in [-0.2, -0.15) is 0 Å². The van der Waals surface area contributed by atoms with Gasteiger partial charge >= 0.3 is 6.09 Å². The Balaban J connectivity index is 1.16. The molecule has 4 heterocycles. The van der Waals surface area contributed by atoms with E-state index in [4.69, 9.17) is 4.74 Å². The molecular formula is C28H43N5O4. The number of piperidine rings is 2. The van der Waals surface area contributed by atoms with E-state index in [9.17, 15) is 14.4 Å². The summed E-state index contributed by atoms with van der Waals surface area (Å²) in [7, 11) is 1.76. The molecule has 1 N–H and O–H groups in total. The number of hydrogen-bond donors (Lipinski definition) is 1. The van der Waals surface area contributed by atoms with E-state index >= 15 is 0 Å². The van der Waals surface area contributed by atoms with Crippen molar-refractivity contribution in [2.45, 2.75) is 70.9 Å². The second-order valence-corrected chi connectivity index (χ2v) is 12.0. The highest BCUT2D eigenvalue weighted by molar-refractivity contribution is 5.90. The lowest BCUT2D eigenvalue weighted by Gasteiger charge is -2.46. The third-order valence-corrected chi connectivity index (χ3v) is 8.29. The van der Waals surface area contributed by atoms with Gasteiger partial charge in [-0.1, -0.05) is 6.07 Å². The van der Waals surface area contributed by atoms with E-state index in [1.165, 1.54) is 0 Å². The maximum atomic E-state index is 13.0.